The van der Waals surface area contributed by atoms with Crippen molar-refractivity contribution in [2.75, 3.05) is 33.0 Å². The molecule has 0 aromatic heterocycles. The van der Waals surface area contributed by atoms with Gasteiger partial charge in [0, 0.05) is 26.2 Å². The fourth-order valence-corrected chi connectivity index (χ4v) is 2.66. The van der Waals surface area contributed by atoms with Gasteiger partial charge in [0.25, 0.3) is 0 Å². The molecule has 1 rings (SSSR count). The summed E-state index contributed by atoms with van der Waals surface area (Å²) in [6.07, 6.45) is 8.98. The van der Waals surface area contributed by atoms with Crippen molar-refractivity contribution >= 4 is 0 Å². The predicted molar refractivity (Wildman–Crippen MR) is 89.1 cm³/mol. The molecule has 0 aromatic rings. The Kier molecular flexibility index (Phi) is 12.0. The molecule has 0 N–H and O–H groups in total. The number of rotatable bonds is 16. The van der Waals surface area contributed by atoms with Gasteiger partial charge >= 0.3 is 0 Å². The Hall–Kier alpha value is -0.160. The molecule has 22 heavy (non-hydrogen) atoms. The van der Waals surface area contributed by atoms with Crippen LogP contribution in [0.1, 0.15) is 65.7 Å². The predicted octanol–water partition coefficient (Wildman–Crippen LogP) is 4.17. The highest BCUT2D eigenvalue weighted by Gasteiger charge is 2.24. The van der Waals surface area contributed by atoms with E-state index in [2.05, 4.69) is 6.92 Å². The van der Waals surface area contributed by atoms with Crippen LogP contribution in [0.15, 0.2) is 0 Å². The quantitative estimate of drug-likeness (QED) is 0.243. The average Bonchev–Trinajstić information content (AvgIpc) is 3.31. The summed E-state index contributed by atoms with van der Waals surface area (Å²) in [5, 5.41) is 0. The van der Waals surface area contributed by atoms with Gasteiger partial charge in [-0.05, 0) is 26.2 Å². The van der Waals surface area contributed by atoms with E-state index in [1.165, 1.54) is 38.5 Å². The van der Waals surface area contributed by atoms with E-state index in [0.717, 1.165) is 26.2 Å². The summed E-state index contributed by atoms with van der Waals surface area (Å²) < 4.78 is 22.4. The molecule has 4 nitrogen and oxygen atoms in total. The zero-order valence-electron chi connectivity index (χ0n) is 14.9. The van der Waals surface area contributed by atoms with E-state index in [1.807, 2.05) is 13.8 Å². The molecule has 0 radical (unpaired) electrons. The summed E-state index contributed by atoms with van der Waals surface area (Å²) in [6, 6.07) is 0. The normalized spacial score (nSPS) is 18.8. The first-order chi connectivity index (χ1) is 10.8. The van der Waals surface area contributed by atoms with Crippen molar-refractivity contribution in [2.24, 2.45) is 5.92 Å². The first-order valence-electron chi connectivity index (χ1n) is 9.22. The Bertz CT molecular complexity index is 237. The van der Waals surface area contributed by atoms with E-state index in [1.54, 1.807) is 0 Å². The fraction of sp³-hybridized carbons (Fsp3) is 1.00. The number of unbranched alkanes of at least 4 members (excludes halogenated alkanes) is 4. The molecule has 2 unspecified atom stereocenters. The summed E-state index contributed by atoms with van der Waals surface area (Å²) in [6.45, 7) is 10.1. The maximum absolute atomic E-state index is 5.82. The minimum atomic E-state index is -0.0867. The molecule has 1 aliphatic rings. The van der Waals surface area contributed by atoms with Gasteiger partial charge in [-0.25, -0.2) is 0 Å². The van der Waals surface area contributed by atoms with Gasteiger partial charge in [-0.3, -0.25) is 0 Å². The lowest BCUT2D eigenvalue weighted by atomic mass is 9.97. The highest BCUT2D eigenvalue weighted by Crippen LogP contribution is 2.20. The van der Waals surface area contributed by atoms with Crippen LogP contribution in [0.3, 0.4) is 0 Å². The molecule has 0 spiro atoms. The molecule has 1 saturated heterocycles. The van der Waals surface area contributed by atoms with Crippen molar-refractivity contribution in [1.82, 2.24) is 0 Å². The fourth-order valence-electron chi connectivity index (χ4n) is 2.66. The number of epoxide rings is 1. The van der Waals surface area contributed by atoms with Gasteiger partial charge in [-0.15, -0.1) is 0 Å². The van der Waals surface area contributed by atoms with Gasteiger partial charge in [0.15, 0.2) is 6.29 Å². The second kappa shape index (κ2) is 13.3. The maximum atomic E-state index is 5.82. The largest absolute Gasteiger partial charge is 0.378 e. The Morgan fingerprint density at radius 1 is 1.00 bits per heavy atom. The third-order valence-corrected chi connectivity index (χ3v) is 4.01. The molecule has 0 bridgehead atoms. The summed E-state index contributed by atoms with van der Waals surface area (Å²) in [7, 11) is 0. The van der Waals surface area contributed by atoms with Crippen LogP contribution in [-0.4, -0.2) is 45.4 Å². The zero-order chi connectivity index (χ0) is 16.0. The molecule has 1 aliphatic heterocycles. The Labute approximate surface area is 136 Å². The molecule has 1 heterocycles. The second-order valence-electron chi connectivity index (χ2n) is 6.14. The van der Waals surface area contributed by atoms with Gasteiger partial charge < -0.3 is 18.9 Å². The van der Waals surface area contributed by atoms with Crippen LogP contribution in [-0.2, 0) is 18.9 Å². The molecule has 0 saturated carbocycles. The minimum Gasteiger partial charge on any atom is -0.378 e. The molecule has 0 amide bonds. The molecular weight excluding hydrogens is 280 g/mol. The maximum Gasteiger partial charge on any atom is 0.157 e. The van der Waals surface area contributed by atoms with Gasteiger partial charge in [-0.1, -0.05) is 39.0 Å². The van der Waals surface area contributed by atoms with Crippen LogP contribution in [0.2, 0.25) is 0 Å². The lowest BCUT2D eigenvalue weighted by Crippen LogP contribution is -2.24. The molecule has 0 aliphatic carbocycles. The van der Waals surface area contributed by atoms with Gasteiger partial charge in [0.05, 0.1) is 13.2 Å². The Morgan fingerprint density at radius 3 is 2.27 bits per heavy atom. The topological polar surface area (TPSA) is 40.2 Å². The van der Waals surface area contributed by atoms with Crippen molar-refractivity contribution in [3.63, 3.8) is 0 Å². The summed E-state index contributed by atoms with van der Waals surface area (Å²) >= 11 is 0. The first-order valence-corrected chi connectivity index (χ1v) is 9.22. The lowest BCUT2D eigenvalue weighted by molar-refractivity contribution is -0.149. The minimum absolute atomic E-state index is 0.0867. The third-order valence-electron chi connectivity index (χ3n) is 4.01. The molecule has 1 fully saturated rings. The number of hydrogen-bond donors (Lipinski definition) is 0. The summed E-state index contributed by atoms with van der Waals surface area (Å²) in [4.78, 5) is 0. The van der Waals surface area contributed by atoms with Gasteiger partial charge in [0.2, 0.25) is 0 Å². The van der Waals surface area contributed by atoms with Crippen LogP contribution in [0.25, 0.3) is 0 Å². The van der Waals surface area contributed by atoms with Crippen molar-refractivity contribution in [3.05, 3.63) is 0 Å². The van der Waals surface area contributed by atoms with E-state index >= 15 is 0 Å². The number of ether oxygens (including phenoxy) is 4. The van der Waals surface area contributed by atoms with Crippen LogP contribution in [0.4, 0.5) is 0 Å². The number of hydrogen-bond acceptors (Lipinski definition) is 4. The van der Waals surface area contributed by atoms with Crippen LogP contribution in [0, 0.1) is 5.92 Å². The van der Waals surface area contributed by atoms with Crippen LogP contribution < -0.4 is 0 Å². The van der Waals surface area contributed by atoms with Gasteiger partial charge in [0.1, 0.15) is 6.10 Å². The van der Waals surface area contributed by atoms with E-state index in [0.29, 0.717) is 25.2 Å². The second-order valence-corrected chi connectivity index (χ2v) is 6.14. The van der Waals surface area contributed by atoms with E-state index in [-0.39, 0.29) is 6.29 Å². The summed E-state index contributed by atoms with van der Waals surface area (Å²) in [5.41, 5.74) is 0. The van der Waals surface area contributed by atoms with Crippen molar-refractivity contribution in [3.8, 4) is 0 Å². The standard InChI is InChI=1S/C18H36O4/c1-4-7-8-9-10-11-16(13-19-14-17-15-22-17)12-18(20-5-2)21-6-3/h16-18H,4-15H2,1-3H3. The van der Waals surface area contributed by atoms with Crippen LogP contribution in [0.5, 0.6) is 0 Å². The highest BCUT2D eigenvalue weighted by atomic mass is 16.7. The molecular formula is C18H36O4. The Morgan fingerprint density at radius 2 is 1.68 bits per heavy atom. The summed E-state index contributed by atoms with van der Waals surface area (Å²) in [5.74, 6) is 0.517. The van der Waals surface area contributed by atoms with Crippen molar-refractivity contribution in [2.45, 2.75) is 78.1 Å². The molecule has 2 atom stereocenters. The van der Waals surface area contributed by atoms with E-state index in [9.17, 15) is 0 Å². The lowest BCUT2D eigenvalue weighted by Gasteiger charge is -2.23. The van der Waals surface area contributed by atoms with Crippen molar-refractivity contribution in [1.29, 1.82) is 0 Å². The monoisotopic (exact) mass is 316 g/mol. The third kappa shape index (κ3) is 10.5. The van der Waals surface area contributed by atoms with Crippen molar-refractivity contribution < 1.29 is 18.9 Å². The SMILES string of the molecule is CCCCCCCC(COCC1CO1)CC(OCC)OCC. The first kappa shape index (κ1) is 19.9. The molecule has 0 aromatic carbocycles. The smallest absolute Gasteiger partial charge is 0.157 e. The Balaban J connectivity index is 2.26. The van der Waals surface area contributed by atoms with Gasteiger partial charge in [-0.2, -0.15) is 0 Å². The van der Waals surface area contributed by atoms with Crippen LogP contribution >= 0.6 is 0 Å². The zero-order valence-corrected chi connectivity index (χ0v) is 14.9. The molecule has 132 valence electrons. The highest BCUT2D eigenvalue weighted by molar-refractivity contribution is 4.69. The van der Waals surface area contributed by atoms with E-state index < -0.39 is 0 Å². The molecule has 4 heteroatoms. The average molecular weight is 316 g/mol. The van der Waals surface area contributed by atoms with E-state index in [4.69, 9.17) is 18.9 Å².